The van der Waals surface area contributed by atoms with Crippen LogP contribution in [0, 0.1) is 6.42 Å². The predicted octanol–water partition coefficient (Wildman–Crippen LogP) is 2.01. The normalized spacial score (nSPS) is 2.47. The van der Waals surface area contributed by atoms with Gasteiger partial charge in [0.25, 0.3) is 0 Å². The first-order valence-corrected chi connectivity index (χ1v) is 2.23. The molecule has 0 aromatic rings. The van der Waals surface area contributed by atoms with Crippen molar-refractivity contribution in [1.82, 2.24) is 0 Å². The van der Waals surface area contributed by atoms with E-state index in [1.807, 2.05) is 0 Å². The Morgan fingerprint density at radius 2 is 0.529 bits per heavy atom. The van der Waals surface area contributed by atoms with E-state index in [1.165, 1.54) is 12.8 Å². The molecule has 0 saturated heterocycles. The fourth-order valence-corrected chi connectivity index (χ4v) is 0.289. The Morgan fingerprint density at radius 1 is 0.412 bits per heavy atom. The molecule has 0 bridgehead atoms. The predicted molar refractivity (Wildman–Crippen MR) is 24.9 cm³/mol. The van der Waals surface area contributed by atoms with E-state index >= 15 is 0 Å². The smallest absolute Gasteiger partial charge is 0 e. The topological polar surface area (TPSA) is 0 Å². The second-order valence-corrected chi connectivity index (χ2v) is 1.11. The van der Waals surface area contributed by atoms with Crippen LogP contribution in [0.5, 0.6) is 0 Å². The standard InChI is InChI=1S/C5H11.12Rf/c1-3-5-4-2;;;;;;;;;;;;/h5H,3-4H2,1-2H3;;;;;;;;;;;;/q-1;;;;;;;;;;;;. The zero-order valence-corrected chi connectivity index (χ0v) is 89.3. The van der Waals surface area contributed by atoms with Crippen molar-refractivity contribution in [3.8, 4) is 0 Å². The molecule has 0 N–H and O–H groups in total. The molecule has 0 aliphatic rings. The van der Waals surface area contributed by atoms with Crippen LogP contribution in [-0.4, -0.2) is 0 Å². The van der Waals surface area contributed by atoms with Gasteiger partial charge in [0.2, 0.25) is 0 Å². The molecule has 0 fully saturated rings. The summed E-state index contributed by atoms with van der Waals surface area (Å²) in [4.78, 5) is 0. The first-order valence-electron chi connectivity index (χ1n) is 2.23. The van der Waals surface area contributed by atoms with Crippen LogP contribution in [0.3, 0.4) is 0 Å². The van der Waals surface area contributed by atoms with Gasteiger partial charge in [-0.2, -0.15) is 12.8 Å². The summed E-state index contributed by atoms with van der Waals surface area (Å²) in [5, 5.41) is 0. The summed E-state index contributed by atoms with van der Waals surface area (Å²) in [7, 11) is 0. The third-order valence-electron chi connectivity index (χ3n) is 0.577. The number of rotatable bonds is 2. The van der Waals surface area contributed by atoms with Gasteiger partial charge in [-0.05, 0) is 0 Å². The summed E-state index contributed by atoms with van der Waals surface area (Å²) >= 11 is 0. The molecule has 0 heterocycles. The quantitative estimate of drug-likeness (QED) is 0.372. The second-order valence-electron chi connectivity index (χ2n) is 1.11. The SMILES string of the molecule is CC[CH-]CC.[Rf].[Rf].[Rf].[Rf].[Rf].[Rf].[Rf].[Rf].[Rf].[Rf].[Rf].[Rf]. The summed E-state index contributed by atoms with van der Waals surface area (Å²) in [6.45, 7) is 4.31. The van der Waals surface area contributed by atoms with Crippen LogP contribution < -0.4 is 0 Å². The summed E-state index contributed by atoms with van der Waals surface area (Å²) in [6.07, 6.45) is 4.69. The minimum Gasteiger partial charge on any atom is -0.329 e. The van der Waals surface area contributed by atoms with Gasteiger partial charge < -0.3 is 6.42 Å². The van der Waals surface area contributed by atoms with E-state index in [4.69, 9.17) is 0 Å². The fourth-order valence-electron chi connectivity index (χ4n) is 0.289. The van der Waals surface area contributed by atoms with E-state index in [0.29, 0.717) is 0 Å². The van der Waals surface area contributed by atoms with Gasteiger partial charge in [-0.3, -0.25) is 0 Å². The molecule has 0 spiro atoms. The number of unbranched alkanes of at least 4 members (excludes halogenated alkanes) is 2. The molecule has 0 aromatic carbocycles. The molecular weight excluding hydrogens is 3260 g/mol. The Hall–Kier alpha value is -12.0. The molecule has 0 unspecified atom stereocenters. The van der Waals surface area contributed by atoms with Crippen molar-refractivity contribution in [1.29, 1.82) is 0 Å². The molecule has 0 aliphatic heterocycles. The van der Waals surface area contributed by atoms with Crippen molar-refractivity contribution in [2.45, 2.75) is 26.7 Å². The van der Waals surface area contributed by atoms with Crippen molar-refractivity contribution >= 4 is 0 Å². The van der Waals surface area contributed by atoms with Crippen LogP contribution >= 0.6 is 0 Å². The molecule has 0 radical (unpaired) electrons. The van der Waals surface area contributed by atoms with Gasteiger partial charge in [0.15, 0.2) is 0 Å². The molecule has 0 saturated carbocycles. The maximum Gasteiger partial charge on any atom is 0 e. The Balaban J connectivity index is -0.00000000121. The van der Waals surface area contributed by atoms with Crippen LogP contribution in [0.15, 0.2) is 0 Å². The first kappa shape index (κ1) is 1.25. The molecular formula is C5H11Rf12-. The fraction of sp³-hybridized carbons (Fsp3) is 0.800. The van der Waals surface area contributed by atoms with Gasteiger partial charge >= 0.3 is 0 Å². The number of hydrogen-bond donors (Lipinski definition) is 0. The van der Waals surface area contributed by atoms with E-state index in [0.717, 1.165) is 0 Å². The Bertz CT molecular complexity index is 22.4. The van der Waals surface area contributed by atoms with Gasteiger partial charge in [0, 0.05) is 0 Å². The van der Waals surface area contributed by atoms with Crippen LogP contribution in [0.25, 0.3) is 0 Å². The van der Waals surface area contributed by atoms with E-state index in [9.17, 15) is 0 Å². The summed E-state index contributed by atoms with van der Waals surface area (Å²) in [5.41, 5.74) is 0. The Morgan fingerprint density at radius 3 is 0.529 bits per heavy atom. The third kappa shape index (κ3) is 0.160. The Labute approximate surface area is 34.2 Å². The molecule has 0 atom stereocenters. The molecule has 0 nitrogen and oxygen atoms in total. The van der Waals surface area contributed by atoms with Crippen LogP contribution in [0.2, 0.25) is 0 Å². The van der Waals surface area contributed by atoms with Gasteiger partial charge in [-0.1, -0.05) is 13.8 Å². The molecule has 0 aliphatic carbocycles. The molecule has 12 heteroatoms. The van der Waals surface area contributed by atoms with Crippen molar-refractivity contribution in [3.05, 3.63) is 6.42 Å². The van der Waals surface area contributed by atoms with E-state index in [-0.39, 0.29) is 0 Å². The maximum atomic E-state index is 2.25. The monoisotopic (exact) mass is 3280 g/mol. The number of hydrogen-bond acceptors (Lipinski definition) is 0. The van der Waals surface area contributed by atoms with Crippen LogP contribution in [-0.2, 0) is 0 Å². The second kappa shape index (κ2) is 0.444. The molecule has 0 amide bonds. The maximum absolute atomic E-state index is 2.25. The van der Waals surface area contributed by atoms with E-state index < -0.39 is 0 Å². The zero-order chi connectivity index (χ0) is 4.12. The minimum atomic E-state index is 0. The Kier molecular flexibility index (Phi) is 0.0327. The third-order valence-corrected chi connectivity index (χ3v) is 0.577. The van der Waals surface area contributed by atoms with E-state index in [1.54, 1.807) is 0 Å². The summed E-state index contributed by atoms with van der Waals surface area (Å²) in [5.74, 6) is 0. The van der Waals surface area contributed by atoms with Gasteiger partial charge in [-0.15, -0.1) is 0 Å². The van der Waals surface area contributed by atoms with Crippen molar-refractivity contribution in [2.75, 3.05) is 0 Å². The zero-order valence-electron chi connectivity index (χ0n) is 12.5. The summed E-state index contributed by atoms with van der Waals surface area (Å²) < 4.78 is 0. The van der Waals surface area contributed by atoms with Crippen molar-refractivity contribution in [3.63, 3.8) is 0 Å². The van der Waals surface area contributed by atoms with E-state index in [2.05, 4.69) is 20.3 Å². The van der Waals surface area contributed by atoms with Gasteiger partial charge in [0.1, 0.15) is 0 Å². The van der Waals surface area contributed by atoms with Crippen molar-refractivity contribution < 1.29 is 0 Å². The van der Waals surface area contributed by atoms with Crippen LogP contribution in [0.1, 0.15) is 26.7 Å². The molecule has 0 rings (SSSR count). The van der Waals surface area contributed by atoms with Crippen LogP contribution in [0.4, 0.5) is 0 Å². The molecule has 56 valence electrons. The average Bonchev–Trinajstić information content (AvgIpc) is 1.41. The van der Waals surface area contributed by atoms with Gasteiger partial charge in [-0.25, -0.2) is 0 Å². The molecule has 17 heavy (non-hydrogen) atoms. The van der Waals surface area contributed by atoms with Gasteiger partial charge in [0.05, 0.1) is 0 Å². The average molecular weight is 3280 g/mol. The molecule has 0 aromatic heterocycles. The summed E-state index contributed by atoms with van der Waals surface area (Å²) in [6, 6.07) is 0. The first-order chi connectivity index (χ1) is 2.41. The largest absolute Gasteiger partial charge is 0.329 e. The minimum absolute atomic E-state index is 0. The van der Waals surface area contributed by atoms with Crippen molar-refractivity contribution in [2.24, 2.45) is 0 Å².